The number of rotatable bonds is 5. The maximum atomic E-state index is 13.1. The average molecular weight is 351 g/mol. The normalized spacial score (nSPS) is 14.0. The van der Waals surface area contributed by atoms with Crippen LogP contribution in [-0.4, -0.2) is 16.5 Å². The molecule has 1 heterocycles. The summed E-state index contributed by atoms with van der Waals surface area (Å²) in [5.41, 5.74) is 1.83. The molecule has 1 aliphatic carbocycles. The highest BCUT2D eigenvalue weighted by atomic mass is 79.9. The molecule has 0 amide bonds. The second kappa shape index (κ2) is 5.97. The summed E-state index contributed by atoms with van der Waals surface area (Å²) in [6.07, 6.45) is 2.37. The SMILES string of the molecule is CCNc1nc(Nc2ccc(F)cc2Br)cc(C2CC2)n1. The molecule has 3 rings (SSSR count). The van der Waals surface area contributed by atoms with Crippen molar-refractivity contribution in [1.29, 1.82) is 0 Å². The van der Waals surface area contributed by atoms with Crippen LogP contribution in [0.4, 0.5) is 21.8 Å². The zero-order valence-corrected chi connectivity index (χ0v) is 13.2. The fourth-order valence-electron chi connectivity index (χ4n) is 2.08. The molecule has 0 unspecified atom stereocenters. The van der Waals surface area contributed by atoms with Gasteiger partial charge in [0.2, 0.25) is 5.95 Å². The number of halogens is 2. The van der Waals surface area contributed by atoms with E-state index in [0.717, 1.165) is 23.7 Å². The third-order valence-electron chi connectivity index (χ3n) is 3.27. The van der Waals surface area contributed by atoms with Crippen LogP contribution in [-0.2, 0) is 0 Å². The van der Waals surface area contributed by atoms with Crippen molar-refractivity contribution in [3.05, 3.63) is 40.2 Å². The number of nitrogens with one attached hydrogen (secondary N) is 2. The molecule has 0 aliphatic heterocycles. The highest BCUT2D eigenvalue weighted by Gasteiger charge is 2.26. The second-order valence-electron chi connectivity index (χ2n) is 5.06. The first-order chi connectivity index (χ1) is 10.2. The van der Waals surface area contributed by atoms with Gasteiger partial charge in [-0.3, -0.25) is 0 Å². The Labute approximate surface area is 131 Å². The predicted molar refractivity (Wildman–Crippen MR) is 85.6 cm³/mol. The molecule has 0 spiro atoms. The van der Waals surface area contributed by atoms with Crippen molar-refractivity contribution >= 4 is 33.4 Å². The summed E-state index contributed by atoms with van der Waals surface area (Å²) in [7, 11) is 0. The number of benzene rings is 1. The molecule has 1 fully saturated rings. The highest BCUT2D eigenvalue weighted by Crippen LogP contribution is 2.40. The topological polar surface area (TPSA) is 49.8 Å². The molecule has 2 aromatic rings. The molecule has 1 aliphatic rings. The zero-order chi connectivity index (χ0) is 14.8. The minimum Gasteiger partial charge on any atom is -0.354 e. The van der Waals surface area contributed by atoms with E-state index in [1.54, 1.807) is 6.07 Å². The fraction of sp³-hybridized carbons (Fsp3) is 0.333. The van der Waals surface area contributed by atoms with E-state index in [-0.39, 0.29) is 5.82 Å². The largest absolute Gasteiger partial charge is 0.354 e. The summed E-state index contributed by atoms with van der Waals surface area (Å²) >= 11 is 3.35. The standard InChI is InChI=1S/C15H16BrFN4/c1-2-18-15-20-13(9-3-4-9)8-14(21-15)19-12-6-5-10(17)7-11(12)16/h5-9H,2-4H2,1H3,(H2,18,19,20,21). The van der Waals surface area contributed by atoms with Gasteiger partial charge in [-0.2, -0.15) is 4.98 Å². The van der Waals surface area contributed by atoms with Crippen molar-refractivity contribution < 1.29 is 4.39 Å². The first-order valence-electron chi connectivity index (χ1n) is 7.00. The Morgan fingerprint density at radius 2 is 2.10 bits per heavy atom. The van der Waals surface area contributed by atoms with Crippen molar-refractivity contribution in [3.8, 4) is 0 Å². The monoisotopic (exact) mass is 350 g/mol. The molecular weight excluding hydrogens is 335 g/mol. The highest BCUT2D eigenvalue weighted by molar-refractivity contribution is 9.10. The van der Waals surface area contributed by atoms with Gasteiger partial charge in [0.1, 0.15) is 11.6 Å². The molecule has 0 atom stereocenters. The van der Waals surface area contributed by atoms with Gasteiger partial charge in [-0.15, -0.1) is 0 Å². The van der Waals surface area contributed by atoms with Crippen LogP contribution < -0.4 is 10.6 Å². The molecule has 2 N–H and O–H groups in total. The third kappa shape index (κ3) is 3.50. The van der Waals surface area contributed by atoms with E-state index >= 15 is 0 Å². The van der Waals surface area contributed by atoms with Crippen molar-refractivity contribution in [3.63, 3.8) is 0 Å². The van der Waals surface area contributed by atoms with Crippen molar-refractivity contribution in [1.82, 2.24) is 9.97 Å². The van der Waals surface area contributed by atoms with Crippen LogP contribution >= 0.6 is 15.9 Å². The van der Waals surface area contributed by atoms with Gasteiger partial charge < -0.3 is 10.6 Å². The Balaban J connectivity index is 1.89. The van der Waals surface area contributed by atoms with Crippen LogP contribution in [0.3, 0.4) is 0 Å². The van der Waals surface area contributed by atoms with Gasteiger partial charge in [0.25, 0.3) is 0 Å². The minimum absolute atomic E-state index is 0.276. The Hall–Kier alpha value is -1.69. The number of hydrogen-bond donors (Lipinski definition) is 2. The summed E-state index contributed by atoms with van der Waals surface area (Å²) in [5.74, 6) is 1.61. The molecule has 0 saturated heterocycles. The lowest BCUT2D eigenvalue weighted by Crippen LogP contribution is -2.06. The van der Waals surface area contributed by atoms with Crippen LogP contribution in [0.1, 0.15) is 31.4 Å². The Kier molecular flexibility index (Phi) is 4.05. The Bertz CT molecular complexity index is 658. The van der Waals surface area contributed by atoms with E-state index in [9.17, 15) is 4.39 Å². The first-order valence-corrected chi connectivity index (χ1v) is 7.80. The van der Waals surface area contributed by atoms with Crippen molar-refractivity contribution in [2.75, 3.05) is 17.2 Å². The predicted octanol–water partition coefficient (Wildman–Crippen LogP) is 4.43. The second-order valence-corrected chi connectivity index (χ2v) is 5.91. The molecule has 21 heavy (non-hydrogen) atoms. The lowest BCUT2D eigenvalue weighted by molar-refractivity contribution is 0.627. The first kappa shape index (κ1) is 14.3. The summed E-state index contributed by atoms with van der Waals surface area (Å²) in [5, 5.41) is 6.36. The fourth-order valence-corrected chi connectivity index (χ4v) is 2.53. The minimum atomic E-state index is -0.276. The quantitative estimate of drug-likeness (QED) is 0.837. The van der Waals surface area contributed by atoms with Gasteiger partial charge in [-0.1, -0.05) is 0 Å². The molecular formula is C15H16BrFN4. The van der Waals surface area contributed by atoms with Crippen LogP contribution in [0.25, 0.3) is 0 Å². The van der Waals surface area contributed by atoms with E-state index in [1.165, 1.54) is 25.0 Å². The average Bonchev–Trinajstić information content (AvgIpc) is 3.27. The number of aromatic nitrogens is 2. The maximum Gasteiger partial charge on any atom is 0.224 e. The van der Waals surface area contributed by atoms with Crippen molar-refractivity contribution in [2.24, 2.45) is 0 Å². The van der Waals surface area contributed by atoms with Crippen molar-refractivity contribution in [2.45, 2.75) is 25.7 Å². The van der Waals surface area contributed by atoms with E-state index in [4.69, 9.17) is 0 Å². The molecule has 1 aromatic heterocycles. The molecule has 1 aromatic carbocycles. The van der Waals surface area contributed by atoms with Gasteiger partial charge >= 0.3 is 0 Å². The van der Waals surface area contributed by atoms with Gasteiger partial charge in [-0.05, 0) is 53.9 Å². The number of hydrogen-bond acceptors (Lipinski definition) is 4. The van der Waals surface area contributed by atoms with Crippen LogP contribution in [0, 0.1) is 5.82 Å². The molecule has 6 heteroatoms. The molecule has 0 bridgehead atoms. The smallest absolute Gasteiger partial charge is 0.224 e. The maximum absolute atomic E-state index is 13.1. The van der Waals surface area contributed by atoms with Gasteiger partial charge in [0.15, 0.2) is 0 Å². The number of anilines is 3. The van der Waals surface area contributed by atoms with E-state index in [1.807, 2.05) is 13.0 Å². The Morgan fingerprint density at radius 3 is 2.76 bits per heavy atom. The van der Waals surface area contributed by atoms with E-state index in [2.05, 4.69) is 36.5 Å². The molecule has 4 nitrogen and oxygen atoms in total. The lowest BCUT2D eigenvalue weighted by Gasteiger charge is -2.11. The van der Waals surface area contributed by atoms with Crippen LogP contribution in [0.2, 0.25) is 0 Å². The van der Waals surface area contributed by atoms with Gasteiger partial charge in [0, 0.05) is 23.0 Å². The summed E-state index contributed by atoms with van der Waals surface area (Å²) in [4.78, 5) is 8.97. The third-order valence-corrected chi connectivity index (χ3v) is 3.93. The summed E-state index contributed by atoms with van der Waals surface area (Å²) in [6.45, 7) is 2.78. The van der Waals surface area contributed by atoms with E-state index in [0.29, 0.717) is 16.3 Å². The van der Waals surface area contributed by atoms with Crippen LogP contribution in [0.5, 0.6) is 0 Å². The van der Waals surface area contributed by atoms with E-state index < -0.39 is 0 Å². The number of nitrogens with zero attached hydrogens (tertiary/aromatic N) is 2. The lowest BCUT2D eigenvalue weighted by atomic mass is 10.2. The van der Waals surface area contributed by atoms with Gasteiger partial charge in [-0.25, -0.2) is 9.37 Å². The summed E-state index contributed by atoms with van der Waals surface area (Å²) < 4.78 is 13.8. The van der Waals surface area contributed by atoms with Crippen LogP contribution in [0.15, 0.2) is 28.7 Å². The van der Waals surface area contributed by atoms with Gasteiger partial charge in [0.05, 0.1) is 11.4 Å². The molecule has 1 saturated carbocycles. The molecule has 110 valence electrons. The molecule has 0 radical (unpaired) electrons. The zero-order valence-electron chi connectivity index (χ0n) is 11.7. The Morgan fingerprint density at radius 1 is 1.29 bits per heavy atom. The summed E-state index contributed by atoms with van der Waals surface area (Å²) in [6, 6.07) is 6.50.